The second-order valence-electron chi connectivity index (χ2n) is 3.30. The summed E-state index contributed by atoms with van der Waals surface area (Å²) in [6, 6.07) is 0. The Bertz CT molecular complexity index is 168. The highest BCUT2D eigenvalue weighted by atomic mass is 32.2. The summed E-state index contributed by atoms with van der Waals surface area (Å²) in [5.41, 5.74) is 1.43. The van der Waals surface area contributed by atoms with Crippen molar-refractivity contribution in [1.82, 2.24) is 0 Å². The van der Waals surface area contributed by atoms with Gasteiger partial charge in [-0.3, -0.25) is 0 Å². The van der Waals surface area contributed by atoms with Crippen molar-refractivity contribution in [2.75, 3.05) is 5.75 Å². The maximum atomic E-state index is 3.80. The Labute approximate surface area is 73.8 Å². The van der Waals surface area contributed by atoms with Crippen molar-refractivity contribution in [3.8, 4) is 0 Å². The van der Waals surface area contributed by atoms with Crippen LogP contribution in [0.5, 0.6) is 0 Å². The van der Waals surface area contributed by atoms with Crippen LogP contribution in [-0.4, -0.2) is 11.0 Å². The largest absolute Gasteiger partial charge is 0.154 e. The molecule has 0 N–H and O–H groups in total. The number of thioether (sulfide) groups is 1. The minimum Gasteiger partial charge on any atom is -0.154 e. The van der Waals surface area contributed by atoms with E-state index in [9.17, 15) is 0 Å². The molecule has 0 aromatic heterocycles. The van der Waals surface area contributed by atoms with Gasteiger partial charge in [0.1, 0.15) is 0 Å². The van der Waals surface area contributed by atoms with Crippen molar-refractivity contribution < 1.29 is 0 Å². The summed E-state index contributed by atoms with van der Waals surface area (Å²) in [5, 5.41) is 0.813. The van der Waals surface area contributed by atoms with Gasteiger partial charge in [0.05, 0.1) is 0 Å². The lowest BCUT2D eigenvalue weighted by molar-refractivity contribution is 0.603. The van der Waals surface area contributed by atoms with Crippen LogP contribution < -0.4 is 0 Å². The molecule has 1 aliphatic heterocycles. The molecule has 0 amide bonds. The van der Waals surface area contributed by atoms with Crippen LogP contribution in [0.3, 0.4) is 0 Å². The van der Waals surface area contributed by atoms with Crippen molar-refractivity contribution in [1.29, 1.82) is 0 Å². The molecule has 0 nitrogen and oxygen atoms in total. The molecule has 0 radical (unpaired) electrons. The molecule has 1 heterocycles. The molecule has 0 aliphatic carbocycles. The van der Waals surface area contributed by atoms with Crippen molar-refractivity contribution in [2.45, 2.75) is 25.5 Å². The minimum absolute atomic E-state index is 0.795. The molecule has 1 aliphatic rings. The summed E-state index contributed by atoms with van der Waals surface area (Å²) < 4.78 is 0. The van der Waals surface area contributed by atoms with Gasteiger partial charge in [-0.05, 0) is 12.3 Å². The smallest absolute Gasteiger partial charge is 0.0122 e. The van der Waals surface area contributed by atoms with E-state index in [4.69, 9.17) is 0 Å². The van der Waals surface area contributed by atoms with Crippen LogP contribution in [0.2, 0.25) is 0 Å². The van der Waals surface area contributed by atoms with E-state index >= 15 is 0 Å². The van der Waals surface area contributed by atoms with E-state index < -0.39 is 0 Å². The van der Waals surface area contributed by atoms with Crippen LogP contribution in [0.25, 0.3) is 0 Å². The summed E-state index contributed by atoms with van der Waals surface area (Å²) >= 11 is 2.07. The first kappa shape index (κ1) is 8.92. The molecule has 0 aromatic rings. The second-order valence-corrected chi connectivity index (χ2v) is 4.58. The summed E-state index contributed by atoms with van der Waals surface area (Å²) in [7, 11) is 0. The zero-order valence-corrected chi connectivity index (χ0v) is 8.16. The molecule has 1 atom stereocenters. The Morgan fingerprint density at radius 3 is 3.00 bits per heavy atom. The quantitative estimate of drug-likeness (QED) is 0.610. The number of hydrogen-bond donors (Lipinski definition) is 0. The van der Waals surface area contributed by atoms with Gasteiger partial charge >= 0.3 is 0 Å². The number of hydrogen-bond acceptors (Lipinski definition) is 1. The van der Waals surface area contributed by atoms with Gasteiger partial charge in [0.25, 0.3) is 0 Å². The first-order valence-corrected chi connectivity index (χ1v) is 5.22. The monoisotopic (exact) mass is 168 g/mol. The molecule has 1 heteroatoms. The Kier molecular flexibility index (Phi) is 3.25. The highest BCUT2D eigenvalue weighted by Crippen LogP contribution is 2.30. The Morgan fingerprint density at radius 1 is 1.73 bits per heavy atom. The molecule has 1 rings (SSSR count). The summed E-state index contributed by atoms with van der Waals surface area (Å²) in [5.74, 6) is 1.97. The van der Waals surface area contributed by atoms with E-state index in [1.807, 2.05) is 6.08 Å². The molecule has 0 bridgehead atoms. The van der Waals surface area contributed by atoms with E-state index in [1.165, 1.54) is 17.7 Å². The van der Waals surface area contributed by atoms with E-state index in [2.05, 4.69) is 38.3 Å². The fourth-order valence-corrected chi connectivity index (χ4v) is 2.50. The van der Waals surface area contributed by atoms with Gasteiger partial charge in [-0.15, -0.1) is 0 Å². The van der Waals surface area contributed by atoms with Crippen LogP contribution in [0, 0.1) is 5.92 Å². The van der Waals surface area contributed by atoms with Crippen molar-refractivity contribution in [2.24, 2.45) is 5.92 Å². The standard InChI is InChI=1S/C10H16S/c1-4-9-5-6-11-10(7-9)8(2)3/h4-5,8,10H,1,6-7H2,2-3H3. The lowest BCUT2D eigenvalue weighted by Gasteiger charge is -2.23. The number of rotatable bonds is 2. The van der Waals surface area contributed by atoms with Gasteiger partial charge in [-0.1, -0.05) is 38.2 Å². The Balaban J connectivity index is 2.52. The Morgan fingerprint density at radius 2 is 2.45 bits per heavy atom. The van der Waals surface area contributed by atoms with Crippen molar-refractivity contribution in [3.63, 3.8) is 0 Å². The van der Waals surface area contributed by atoms with Gasteiger partial charge in [0.15, 0.2) is 0 Å². The maximum Gasteiger partial charge on any atom is 0.0122 e. The van der Waals surface area contributed by atoms with Crippen LogP contribution in [0.15, 0.2) is 24.3 Å². The average Bonchev–Trinajstić information content (AvgIpc) is 2.05. The third kappa shape index (κ3) is 2.41. The van der Waals surface area contributed by atoms with Crippen molar-refractivity contribution >= 4 is 11.8 Å². The zero-order valence-electron chi connectivity index (χ0n) is 7.34. The lowest BCUT2D eigenvalue weighted by atomic mass is 10.0. The second kappa shape index (κ2) is 4.01. The minimum atomic E-state index is 0.795. The van der Waals surface area contributed by atoms with E-state index in [1.54, 1.807) is 0 Å². The summed E-state index contributed by atoms with van der Waals surface area (Å²) in [6.45, 7) is 8.39. The van der Waals surface area contributed by atoms with Gasteiger partial charge in [-0.2, -0.15) is 11.8 Å². The fraction of sp³-hybridized carbons (Fsp3) is 0.600. The lowest BCUT2D eigenvalue weighted by Crippen LogP contribution is -2.15. The van der Waals surface area contributed by atoms with Gasteiger partial charge in [0, 0.05) is 11.0 Å². The highest BCUT2D eigenvalue weighted by molar-refractivity contribution is 8.00. The SMILES string of the molecule is C=CC1=CCSC(C(C)C)C1. The molecule has 62 valence electrons. The van der Waals surface area contributed by atoms with Crippen LogP contribution in [0.1, 0.15) is 20.3 Å². The Hall–Kier alpha value is -0.170. The van der Waals surface area contributed by atoms with Crippen molar-refractivity contribution in [3.05, 3.63) is 24.3 Å². The third-order valence-corrected chi connectivity index (χ3v) is 3.60. The molecule has 0 fully saturated rings. The van der Waals surface area contributed by atoms with Gasteiger partial charge in [-0.25, -0.2) is 0 Å². The topological polar surface area (TPSA) is 0 Å². The normalized spacial score (nSPS) is 25.0. The molecule has 0 saturated heterocycles. The van der Waals surface area contributed by atoms with Crippen LogP contribution >= 0.6 is 11.8 Å². The van der Waals surface area contributed by atoms with Crippen LogP contribution in [-0.2, 0) is 0 Å². The first-order valence-electron chi connectivity index (χ1n) is 4.17. The predicted octanol–water partition coefficient (Wildman–Crippen LogP) is 3.26. The average molecular weight is 168 g/mol. The highest BCUT2D eigenvalue weighted by Gasteiger charge is 2.17. The predicted molar refractivity (Wildman–Crippen MR) is 54.0 cm³/mol. The molecule has 0 spiro atoms. The molecular formula is C10H16S. The summed E-state index contributed by atoms with van der Waals surface area (Å²) in [6.07, 6.45) is 5.50. The molecule has 1 unspecified atom stereocenters. The van der Waals surface area contributed by atoms with Gasteiger partial charge < -0.3 is 0 Å². The number of allylic oxidation sites excluding steroid dienone is 2. The van der Waals surface area contributed by atoms with E-state index in [0.717, 1.165) is 11.2 Å². The summed E-state index contributed by atoms with van der Waals surface area (Å²) in [4.78, 5) is 0. The first-order chi connectivity index (χ1) is 5.24. The maximum absolute atomic E-state index is 3.80. The van der Waals surface area contributed by atoms with E-state index in [0.29, 0.717) is 0 Å². The van der Waals surface area contributed by atoms with Gasteiger partial charge in [0.2, 0.25) is 0 Å². The third-order valence-electron chi connectivity index (χ3n) is 2.10. The molecule has 0 aromatic carbocycles. The molecule has 0 saturated carbocycles. The molecule has 11 heavy (non-hydrogen) atoms. The fourth-order valence-electron chi connectivity index (χ4n) is 1.25. The molecular weight excluding hydrogens is 152 g/mol. The van der Waals surface area contributed by atoms with E-state index in [-0.39, 0.29) is 0 Å². The van der Waals surface area contributed by atoms with Crippen LogP contribution in [0.4, 0.5) is 0 Å². The zero-order chi connectivity index (χ0) is 8.27.